The molecule has 8 heteroatoms. The molecule has 0 aromatic heterocycles. The van der Waals surface area contributed by atoms with E-state index in [1.165, 1.54) is 11.1 Å². The average molecular weight is 1520 g/mol. The van der Waals surface area contributed by atoms with E-state index in [2.05, 4.69) is 169 Å². The van der Waals surface area contributed by atoms with Crippen LogP contribution in [0.25, 0.3) is 33.4 Å². The fourth-order valence-electron chi connectivity index (χ4n) is 19.3. The molecule has 0 amide bonds. The second-order valence-electron chi connectivity index (χ2n) is 35.6. The molecular formula is C108H100B2N4O2. The van der Waals surface area contributed by atoms with Crippen LogP contribution < -0.4 is 61.9 Å². The molecule has 13 aromatic rings. The summed E-state index contributed by atoms with van der Waals surface area (Å²) >= 11 is 0. The fraction of sp³-hybridized carbons (Fsp3) is 0.222. The van der Waals surface area contributed by atoms with Crippen molar-refractivity contribution in [2.24, 2.45) is 23.2 Å². The maximum Gasteiger partial charge on any atom is 0.260 e. The standard InChI is InChI=1S/C108H100B2N4O2/c1-106(2,3)77-62-86(72-39-21-11-22-40-72)103(87(63-77)73-41-23-12-24-42-73)113-93-61-76(71-37-19-10-20-38-71)55-58-90(93)110-100-94(113)66-79(108(7,8)9)67-95(100)114(104-88(74-43-25-13-26-44-74)64-78(107(4,5)6)65-89(104)75-45-27-14-28-46-75)96-70-99-102-105(101(96)110)116-98-69-85(112(82-51-33-17-34-52-82)83-53-35-18-36-54-83)57-60-92(98)109(102)91-59-56-84(68-97(91)115-99)111(80-47-29-15-30-48-80)81-49-31-16-32-50-81/h10-11,13-21,25-38,41,43-62,64-70,72,77,87,103H,12,22-24,39-40,42,63H2,1-9H3/i55D,56D,57D,58D,59D,60D,61D,68D,69D,70D. The number of para-hydroxylation sites is 4. The molecule has 7 aliphatic rings. The van der Waals surface area contributed by atoms with E-state index in [1.807, 2.05) is 169 Å². The van der Waals surface area contributed by atoms with Crippen molar-refractivity contribution >= 4 is 109 Å². The minimum absolute atomic E-state index is 0.00570. The normalized spacial score (nSPS) is 18.9. The molecule has 0 saturated carbocycles. The van der Waals surface area contributed by atoms with Crippen LogP contribution in [-0.2, 0) is 10.8 Å². The quantitative estimate of drug-likeness (QED) is 0.0845. The molecule has 4 atom stereocenters. The van der Waals surface area contributed by atoms with Gasteiger partial charge in [0, 0.05) is 97.5 Å². The fourth-order valence-corrected chi connectivity index (χ4v) is 19.3. The lowest BCUT2D eigenvalue weighted by Crippen LogP contribution is -2.66. The zero-order valence-corrected chi connectivity index (χ0v) is 67.6. The third-order valence-electron chi connectivity index (χ3n) is 25.2. The van der Waals surface area contributed by atoms with E-state index >= 15 is 0 Å². The summed E-state index contributed by atoms with van der Waals surface area (Å²) in [5, 5.41) is 0. The smallest absolute Gasteiger partial charge is 0.260 e. The Hall–Kier alpha value is -12.0. The molecule has 3 aliphatic carbocycles. The highest BCUT2D eigenvalue weighted by Crippen LogP contribution is 2.58. The Bertz CT molecular complexity index is 6500. The summed E-state index contributed by atoms with van der Waals surface area (Å²) in [4.78, 5) is 8.38. The lowest BCUT2D eigenvalue weighted by atomic mass is 9.30. The predicted octanol–water partition coefficient (Wildman–Crippen LogP) is 25.5. The first-order valence-corrected chi connectivity index (χ1v) is 41.6. The Balaban J connectivity index is 1.01. The van der Waals surface area contributed by atoms with Gasteiger partial charge in [-0.05, 0) is 237 Å². The third-order valence-corrected chi connectivity index (χ3v) is 25.2. The largest absolute Gasteiger partial charge is 0.459 e. The minimum atomic E-state index is -1.47. The molecule has 0 radical (unpaired) electrons. The van der Waals surface area contributed by atoms with Gasteiger partial charge in [0.15, 0.2) is 0 Å². The summed E-state index contributed by atoms with van der Waals surface area (Å²) in [6.45, 7) is 17.9. The maximum absolute atomic E-state index is 12.2. The Labute approximate surface area is 701 Å². The number of allylic oxidation sites excluding steroid dienone is 4. The van der Waals surface area contributed by atoms with Crippen molar-refractivity contribution in [2.45, 2.75) is 131 Å². The third kappa shape index (κ3) is 12.8. The van der Waals surface area contributed by atoms with E-state index in [4.69, 9.17) is 9.47 Å². The van der Waals surface area contributed by atoms with Crippen molar-refractivity contribution in [3.8, 4) is 56.4 Å². The summed E-state index contributed by atoms with van der Waals surface area (Å²) in [5.74, 6) is -0.165. The van der Waals surface area contributed by atoms with Crippen LogP contribution in [0.15, 0.2) is 332 Å². The van der Waals surface area contributed by atoms with Crippen LogP contribution in [0.5, 0.6) is 23.0 Å². The zero-order chi connectivity index (χ0) is 87.4. The van der Waals surface area contributed by atoms with E-state index in [0.29, 0.717) is 61.9 Å². The number of rotatable bonds is 13. The molecular weight excluding hydrogens is 1410 g/mol. The van der Waals surface area contributed by atoms with Gasteiger partial charge in [0.05, 0.1) is 25.4 Å². The number of hydrogen-bond donors (Lipinski definition) is 0. The first kappa shape index (κ1) is 62.4. The summed E-state index contributed by atoms with van der Waals surface area (Å²) in [5.41, 5.74) is 14.8. The van der Waals surface area contributed by atoms with Crippen LogP contribution in [-0.4, -0.2) is 19.5 Å². The molecule has 570 valence electrons. The molecule has 20 rings (SSSR count). The average Bonchev–Trinajstić information content (AvgIpc) is 0.661. The second-order valence-corrected chi connectivity index (χ2v) is 35.6. The van der Waals surface area contributed by atoms with E-state index in [1.54, 1.807) is 4.90 Å². The van der Waals surface area contributed by atoms with Crippen molar-refractivity contribution < 1.29 is 23.2 Å². The Kier molecular flexibility index (Phi) is 15.6. The Morgan fingerprint density at radius 3 is 1.45 bits per heavy atom. The molecule has 0 N–H and O–H groups in total. The van der Waals surface area contributed by atoms with Crippen molar-refractivity contribution in [3.63, 3.8) is 0 Å². The van der Waals surface area contributed by atoms with Gasteiger partial charge in [0.25, 0.3) is 13.4 Å². The van der Waals surface area contributed by atoms with Crippen LogP contribution in [0.1, 0.15) is 139 Å². The summed E-state index contributed by atoms with van der Waals surface area (Å²) < 4.78 is 128. The van der Waals surface area contributed by atoms with Crippen LogP contribution >= 0.6 is 0 Å². The number of benzene rings is 13. The molecule has 0 bridgehead atoms. The molecule has 6 nitrogen and oxygen atoms in total. The van der Waals surface area contributed by atoms with Crippen LogP contribution in [0, 0.1) is 23.2 Å². The van der Waals surface area contributed by atoms with Crippen molar-refractivity contribution in [2.75, 3.05) is 19.6 Å². The predicted molar refractivity (Wildman–Crippen MR) is 491 cm³/mol. The van der Waals surface area contributed by atoms with E-state index < -0.39 is 30.3 Å². The number of ether oxygens (including phenoxy) is 2. The molecule has 4 aliphatic heterocycles. The van der Waals surface area contributed by atoms with Gasteiger partial charge in [-0.25, -0.2) is 0 Å². The molecule has 0 fully saturated rings. The molecule has 4 unspecified atom stereocenters. The van der Waals surface area contributed by atoms with Gasteiger partial charge < -0.3 is 29.1 Å². The van der Waals surface area contributed by atoms with Crippen LogP contribution in [0.2, 0.25) is 0 Å². The monoisotopic (exact) mass is 1520 g/mol. The van der Waals surface area contributed by atoms with Gasteiger partial charge in [-0.15, -0.1) is 0 Å². The molecule has 4 heterocycles. The lowest BCUT2D eigenvalue weighted by molar-refractivity contribution is 0.220. The molecule has 116 heavy (non-hydrogen) atoms. The molecule has 0 spiro atoms. The lowest BCUT2D eigenvalue weighted by Gasteiger charge is -2.53. The van der Waals surface area contributed by atoms with E-state index in [9.17, 15) is 13.7 Å². The van der Waals surface area contributed by atoms with Gasteiger partial charge in [-0.2, -0.15) is 0 Å². The number of fused-ring (bicyclic) bond motifs is 9. The SMILES string of the molecule is [2H]c1c([2H])c(N(c2ccccc2)c2ccccc2)c([2H])c2c1B1c3c([2H])c([2H])c(N(c4ccccc4)c4ccccc4)c([2H])c3Oc3c1c(c([2H])c1c3B3c4c(cc(C(C)(C)C)cc4N(C4C(C5CC=CCC5)=CC(C(C)(C)C)CC4C4=CCCCC4)c4c([2H])c(-c5ccccc5)c([2H])c([2H])c43)N1c1c(-c3ccccc3)cc(C(C)(C)C)cc1-c1ccccc1)O2. The van der Waals surface area contributed by atoms with Gasteiger partial charge >= 0.3 is 0 Å². The van der Waals surface area contributed by atoms with E-state index in [-0.39, 0.29) is 140 Å². The number of hydrogen-bond acceptors (Lipinski definition) is 6. The Morgan fingerprint density at radius 1 is 0.431 bits per heavy atom. The highest BCUT2D eigenvalue weighted by molar-refractivity contribution is 7.03. The summed E-state index contributed by atoms with van der Waals surface area (Å²) in [7, 11) is 0. The highest BCUT2D eigenvalue weighted by atomic mass is 16.5. The number of anilines is 11. The second kappa shape index (κ2) is 29.1. The highest BCUT2D eigenvalue weighted by Gasteiger charge is 2.54. The number of nitrogens with zero attached hydrogens (tertiary/aromatic N) is 4. The first-order valence-electron chi connectivity index (χ1n) is 46.6. The molecule has 13 aromatic carbocycles. The van der Waals surface area contributed by atoms with Gasteiger partial charge in [-0.1, -0.05) is 280 Å². The van der Waals surface area contributed by atoms with Crippen molar-refractivity contribution in [3.05, 3.63) is 344 Å². The minimum Gasteiger partial charge on any atom is -0.459 e. The molecule has 0 saturated heterocycles. The zero-order valence-electron chi connectivity index (χ0n) is 77.6. The van der Waals surface area contributed by atoms with Gasteiger partial charge in [0.2, 0.25) is 0 Å². The maximum atomic E-state index is 12.2. The topological polar surface area (TPSA) is 31.4 Å². The summed E-state index contributed by atoms with van der Waals surface area (Å²) in [6, 6.07) is 74.9. The first-order chi connectivity index (χ1) is 60.7. The van der Waals surface area contributed by atoms with Gasteiger partial charge in [0.1, 0.15) is 23.0 Å². The van der Waals surface area contributed by atoms with Gasteiger partial charge in [-0.3, -0.25) is 0 Å². The Morgan fingerprint density at radius 2 is 0.940 bits per heavy atom. The van der Waals surface area contributed by atoms with Crippen LogP contribution in [0.3, 0.4) is 0 Å². The summed E-state index contributed by atoms with van der Waals surface area (Å²) in [6.07, 6.45) is 17.2. The van der Waals surface area contributed by atoms with Crippen molar-refractivity contribution in [1.29, 1.82) is 0 Å². The van der Waals surface area contributed by atoms with Crippen molar-refractivity contribution in [1.82, 2.24) is 0 Å². The van der Waals surface area contributed by atoms with E-state index in [0.717, 1.165) is 95.9 Å². The van der Waals surface area contributed by atoms with Crippen LogP contribution in [0.4, 0.5) is 62.6 Å².